The van der Waals surface area contributed by atoms with Crippen LogP contribution in [0.5, 0.6) is 0 Å². The van der Waals surface area contributed by atoms with E-state index in [9.17, 15) is 0 Å². The van der Waals surface area contributed by atoms with Gasteiger partial charge in [0.1, 0.15) is 32.1 Å². The van der Waals surface area contributed by atoms with E-state index in [-0.39, 0.29) is 0 Å². The number of nitrogens with zero attached hydrogens (tertiary/aromatic N) is 13. The van der Waals surface area contributed by atoms with E-state index in [0.29, 0.717) is 19.6 Å². The van der Waals surface area contributed by atoms with E-state index in [1.54, 1.807) is 34.0 Å². The number of hydrogen-bond donors (Lipinski definition) is 0. The fourth-order valence-corrected chi connectivity index (χ4v) is 13.1. The van der Waals surface area contributed by atoms with E-state index in [0.717, 1.165) is 116 Å². The summed E-state index contributed by atoms with van der Waals surface area (Å²) in [4.78, 5) is 16.5. The molecule has 0 bridgehead atoms. The van der Waals surface area contributed by atoms with E-state index < -0.39 is 0 Å². The van der Waals surface area contributed by atoms with E-state index in [1.807, 2.05) is 87.2 Å². The topological polar surface area (TPSA) is 134 Å². The Balaban J connectivity index is 0.637. The Bertz CT molecular complexity index is 4390. The smallest absolute Gasteiger partial charge is 0.117 e. The Morgan fingerprint density at radius 3 is 0.875 bits per heavy atom. The van der Waals surface area contributed by atoms with Crippen LogP contribution in [0.2, 0.25) is 0 Å². The van der Waals surface area contributed by atoms with Crippen LogP contribution in [0.3, 0.4) is 0 Å². The fraction of sp³-hybridized carbons (Fsp3) is 0.0417. The Labute approximate surface area is 518 Å². The van der Waals surface area contributed by atoms with Gasteiger partial charge in [-0.05, 0) is 124 Å². The van der Waals surface area contributed by atoms with E-state index in [1.165, 1.54) is 14.1 Å². The number of rotatable bonds is 18. The Morgan fingerprint density at radius 1 is 0.307 bits per heavy atom. The highest BCUT2D eigenvalue weighted by atomic mass is 32.1. The van der Waals surface area contributed by atoms with Crippen molar-refractivity contribution in [2.45, 2.75) is 19.6 Å². The fourth-order valence-electron chi connectivity index (χ4n) is 10.5. The molecule has 0 fully saturated rings. The quantitative estimate of drug-likeness (QED) is 0.0817. The van der Waals surface area contributed by atoms with Gasteiger partial charge in [0.25, 0.3) is 0 Å². The summed E-state index contributed by atoms with van der Waals surface area (Å²) < 4.78 is 9.21. The number of anilines is 3. The third-order valence-electron chi connectivity index (χ3n) is 15.0. The molecule has 15 aromatic rings. The second-order valence-electron chi connectivity index (χ2n) is 21.2. The van der Waals surface area contributed by atoms with Crippen molar-refractivity contribution in [1.29, 1.82) is 0 Å². The lowest BCUT2D eigenvalue weighted by atomic mass is 10.1. The summed E-state index contributed by atoms with van der Waals surface area (Å²) in [6.45, 7) is 1.79. The maximum Gasteiger partial charge on any atom is 0.117 e. The van der Waals surface area contributed by atoms with Crippen LogP contribution < -0.4 is 4.90 Å². The summed E-state index contributed by atoms with van der Waals surface area (Å²) in [7, 11) is 0. The molecule has 6 heterocycles. The van der Waals surface area contributed by atoms with Crippen molar-refractivity contribution in [2.75, 3.05) is 4.90 Å². The average molecular weight is 1190 g/mol. The second kappa shape index (κ2) is 24.2. The van der Waals surface area contributed by atoms with Crippen LogP contribution in [0, 0.1) is 0 Å². The van der Waals surface area contributed by atoms with Crippen molar-refractivity contribution in [3.05, 3.63) is 285 Å². The second-order valence-corrected chi connectivity index (χ2v) is 24.4. The lowest BCUT2D eigenvalue weighted by Gasteiger charge is -2.26. The van der Waals surface area contributed by atoms with Gasteiger partial charge in [-0.25, -0.2) is 29.0 Å². The van der Waals surface area contributed by atoms with Gasteiger partial charge < -0.3 is 4.90 Å². The molecule has 6 aromatic heterocycles. The molecule has 15 rings (SSSR count). The van der Waals surface area contributed by atoms with Crippen molar-refractivity contribution >= 4 is 118 Å². The third-order valence-corrected chi connectivity index (χ3v) is 18.0. The van der Waals surface area contributed by atoms with Crippen molar-refractivity contribution in [3.8, 4) is 33.8 Å². The zero-order chi connectivity index (χ0) is 58.6. The number of aromatic nitrogens is 12. The highest BCUT2D eigenvalue weighted by molar-refractivity contribution is 7.20. The maximum atomic E-state index is 4.74. The van der Waals surface area contributed by atoms with Crippen LogP contribution in [-0.4, -0.2) is 59.9 Å². The lowest BCUT2D eigenvalue weighted by Crippen LogP contribution is -2.09. The standard InChI is InChI=1S/C72H51N13S3/c1-4-10-67-61(7-1)73-70(86-67)40-25-49-13-19-52(20-14-49)43-82-46-64(76-79-82)55-28-34-58(35-29-55)85(59-36-30-56(31-37-59)65-47-83(80-77-65)44-53-21-15-50(16-22-53)26-41-71-74-62-8-2-5-11-68(62)87-71)60-38-32-57(33-39-60)66-48-84(81-78-66)45-54-23-17-51(18-24-54)27-42-72-75-63-9-3-6-12-69(63)88-72/h1-42,46-48H,43-45H2/b40-25+,41-26+,42-27+. The Kier molecular flexibility index (Phi) is 14.8. The molecule has 422 valence electrons. The van der Waals surface area contributed by atoms with E-state index in [2.05, 4.69) is 236 Å². The summed E-state index contributed by atoms with van der Waals surface area (Å²) in [5, 5.41) is 30.3. The summed E-state index contributed by atoms with van der Waals surface area (Å²) in [6, 6.07) is 75.6. The van der Waals surface area contributed by atoms with Gasteiger partial charge in [0.05, 0.1) is 68.9 Å². The first-order valence-electron chi connectivity index (χ1n) is 28.7. The molecule has 0 saturated heterocycles. The number of fused-ring (bicyclic) bond motifs is 3. The minimum absolute atomic E-state index is 0.595. The molecule has 0 atom stereocenters. The normalized spacial score (nSPS) is 11.9. The molecule has 0 amide bonds. The van der Waals surface area contributed by atoms with Crippen LogP contribution in [0.1, 0.15) is 48.4 Å². The molecule has 0 aliphatic heterocycles. The molecule has 16 heteroatoms. The molecule has 0 aliphatic rings. The van der Waals surface area contributed by atoms with Crippen LogP contribution >= 0.6 is 34.0 Å². The van der Waals surface area contributed by atoms with Gasteiger partial charge in [-0.2, -0.15) is 0 Å². The van der Waals surface area contributed by atoms with Crippen molar-refractivity contribution < 1.29 is 0 Å². The van der Waals surface area contributed by atoms with E-state index >= 15 is 0 Å². The first-order chi connectivity index (χ1) is 43.4. The average Bonchev–Trinajstić information content (AvgIpc) is 4.01. The molecular formula is C72H51N13S3. The Morgan fingerprint density at radius 2 is 0.591 bits per heavy atom. The first-order valence-corrected chi connectivity index (χ1v) is 31.1. The number of hydrogen-bond acceptors (Lipinski definition) is 13. The summed E-state index contributed by atoms with van der Waals surface area (Å²) >= 11 is 5.08. The molecular weight excluding hydrogens is 1140 g/mol. The van der Waals surface area contributed by atoms with Gasteiger partial charge in [-0.15, -0.1) is 49.3 Å². The maximum absolute atomic E-state index is 4.74. The zero-order valence-electron chi connectivity index (χ0n) is 47.1. The number of thiazole rings is 3. The minimum atomic E-state index is 0.595. The molecule has 0 spiro atoms. The summed E-state index contributed by atoms with van der Waals surface area (Å²) in [5.74, 6) is 0. The third kappa shape index (κ3) is 12.2. The van der Waals surface area contributed by atoms with Gasteiger partial charge in [0.15, 0.2) is 0 Å². The van der Waals surface area contributed by atoms with Crippen LogP contribution in [-0.2, 0) is 19.6 Å². The van der Waals surface area contributed by atoms with Gasteiger partial charge >= 0.3 is 0 Å². The highest BCUT2D eigenvalue weighted by Gasteiger charge is 2.17. The predicted octanol–water partition coefficient (Wildman–Crippen LogP) is 17.4. The van der Waals surface area contributed by atoms with Gasteiger partial charge in [-0.3, -0.25) is 0 Å². The van der Waals surface area contributed by atoms with Crippen molar-refractivity contribution in [2.24, 2.45) is 0 Å². The largest absolute Gasteiger partial charge is 0.311 e. The molecule has 0 saturated carbocycles. The molecule has 0 N–H and O–H groups in total. The Hall–Kier alpha value is -10.9. The summed E-state index contributed by atoms with van der Waals surface area (Å²) in [6.07, 6.45) is 18.5. The summed E-state index contributed by atoms with van der Waals surface area (Å²) in [5.41, 5.74) is 18.0. The number of para-hydroxylation sites is 3. The molecule has 13 nitrogen and oxygen atoms in total. The SMILES string of the molecule is C(=C\c1nc2ccccc2s1)/c1ccc(Cn2cc(-c3ccc(N(c4ccc(-c5cn(Cc6ccc(/C=C/c7nc8ccccc8s7)cc6)nn5)cc4)c4ccc(-c5cn(Cc6ccc(/C=C/c7nc8ccccc8s7)cc6)nn5)cc4)cc3)nn2)cc1. The molecule has 9 aromatic carbocycles. The van der Waals surface area contributed by atoms with Crippen LogP contribution in [0.25, 0.3) is 101 Å². The lowest BCUT2D eigenvalue weighted by molar-refractivity contribution is 0.650. The molecule has 0 aliphatic carbocycles. The first kappa shape index (κ1) is 53.8. The van der Waals surface area contributed by atoms with Crippen molar-refractivity contribution in [1.82, 2.24) is 59.9 Å². The van der Waals surface area contributed by atoms with Gasteiger partial charge in [0, 0.05) is 33.8 Å². The van der Waals surface area contributed by atoms with E-state index in [4.69, 9.17) is 15.0 Å². The molecule has 88 heavy (non-hydrogen) atoms. The highest BCUT2D eigenvalue weighted by Crippen LogP contribution is 2.38. The van der Waals surface area contributed by atoms with Gasteiger partial charge in [-0.1, -0.05) is 179 Å². The minimum Gasteiger partial charge on any atom is -0.311 e. The monoisotopic (exact) mass is 1190 g/mol. The molecule has 0 unspecified atom stereocenters. The van der Waals surface area contributed by atoms with Crippen LogP contribution in [0.15, 0.2) is 237 Å². The van der Waals surface area contributed by atoms with Gasteiger partial charge in [0.2, 0.25) is 0 Å². The zero-order valence-corrected chi connectivity index (χ0v) is 49.6. The predicted molar refractivity (Wildman–Crippen MR) is 360 cm³/mol. The van der Waals surface area contributed by atoms with Crippen LogP contribution in [0.4, 0.5) is 17.1 Å². The van der Waals surface area contributed by atoms with Crippen molar-refractivity contribution in [3.63, 3.8) is 0 Å². The number of benzene rings is 9. The molecule has 0 radical (unpaired) electrons.